The van der Waals surface area contributed by atoms with Gasteiger partial charge in [-0.3, -0.25) is 4.79 Å². The van der Waals surface area contributed by atoms with Crippen LogP contribution in [0.4, 0.5) is 11.4 Å². The van der Waals surface area contributed by atoms with Crippen LogP contribution in [0.25, 0.3) is 0 Å². The van der Waals surface area contributed by atoms with Crippen molar-refractivity contribution in [2.45, 2.75) is 37.0 Å². The van der Waals surface area contributed by atoms with Gasteiger partial charge in [0, 0.05) is 20.5 Å². The summed E-state index contributed by atoms with van der Waals surface area (Å²) in [6.07, 6.45) is 5.47. The molecule has 1 aromatic carbocycles. The molecule has 2 bridgehead atoms. The first kappa shape index (κ1) is 17.2. The maximum Gasteiger partial charge on any atom is 0.238 e. The van der Waals surface area contributed by atoms with Gasteiger partial charge in [0.05, 0.1) is 16.3 Å². The van der Waals surface area contributed by atoms with Crippen molar-refractivity contribution in [3.63, 3.8) is 0 Å². The van der Waals surface area contributed by atoms with Crippen LogP contribution in [0, 0.1) is 17.8 Å². The Morgan fingerprint density at radius 1 is 1.29 bits per heavy atom. The average Bonchev–Trinajstić information content (AvgIpc) is 3.08. The van der Waals surface area contributed by atoms with Crippen molar-refractivity contribution in [1.82, 2.24) is 0 Å². The second-order valence-electron chi connectivity index (χ2n) is 7.31. The minimum atomic E-state index is -3.80. The maximum absolute atomic E-state index is 12.5. The number of hydrogen-bond acceptors (Lipinski definition) is 4. The molecule has 0 spiro atoms. The number of nitrogens with zero attached hydrogens (tertiary/aromatic N) is 1. The molecular formula is C17H25N3O3S. The molecule has 3 rings (SSSR count). The first-order valence-corrected chi connectivity index (χ1v) is 9.92. The number of benzene rings is 1. The number of carbonyl (C=O) groups is 1. The van der Waals surface area contributed by atoms with Crippen molar-refractivity contribution in [1.29, 1.82) is 0 Å². The van der Waals surface area contributed by atoms with E-state index >= 15 is 0 Å². The summed E-state index contributed by atoms with van der Waals surface area (Å²) in [5.74, 6) is 1.90. The van der Waals surface area contributed by atoms with Gasteiger partial charge in [-0.15, -0.1) is 0 Å². The lowest BCUT2D eigenvalue weighted by Crippen LogP contribution is -2.22. The second kappa shape index (κ2) is 6.37. The molecule has 1 aromatic rings. The van der Waals surface area contributed by atoms with Crippen LogP contribution in [0.5, 0.6) is 0 Å². The number of amides is 1. The Hall–Kier alpha value is -1.60. The Bertz CT molecular complexity index is 745. The van der Waals surface area contributed by atoms with E-state index in [1.54, 1.807) is 6.07 Å². The van der Waals surface area contributed by atoms with Crippen LogP contribution in [0.2, 0.25) is 0 Å². The quantitative estimate of drug-likeness (QED) is 0.850. The number of nitrogens with one attached hydrogen (secondary N) is 1. The molecule has 2 fully saturated rings. The normalized spacial score (nSPS) is 25.7. The van der Waals surface area contributed by atoms with Gasteiger partial charge in [0.15, 0.2) is 0 Å². The molecule has 24 heavy (non-hydrogen) atoms. The molecule has 2 aliphatic rings. The number of primary sulfonamides is 1. The third kappa shape index (κ3) is 3.57. The monoisotopic (exact) mass is 351 g/mol. The van der Waals surface area contributed by atoms with Gasteiger partial charge in [0.25, 0.3) is 0 Å². The first-order chi connectivity index (χ1) is 11.2. The molecule has 2 saturated carbocycles. The summed E-state index contributed by atoms with van der Waals surface area (Å²) in [6.45, 7) is 0. The Balaban J connectivity index is 1.76. The molecule has 1 amide bonds. The van der Waals surface area contributed by atoms with Gasteiger partial charge >= 0.3 is 0 Å². The van der Waals surface area contributed by atoms with Gasteiger partial charge in [0.1, 0.15) is 0 Å². The van der Waals surface area contributed by atoms with E-state index in [1.165, 1.54) is 31.4 Å². The maximum atomic E-state index is 12.5. The summed E-state index contributed by atoms with van der Waals surface area (Å²) in [5.41, 5.74) is 1.24. The van der Waals surface area contributed by atoms with E-state index in [1.807, 2.05) is 19.0 Å². The van der Waals surface area contributed by atoms with Crippen LogP contribution in [-0.4, -0.2) is 28.4 Å². The van der Waals surface area contributed by atoms with Gasteiger partial charge < -0.3 is 10.2 Å². The summed E-state index contributed by atoms with van der Waals surface area (Å²) in [5, 5.41) is 8.09. The van der Waals surface area contributed by atoms with Crippen molar-refractivity contribution in [2.75, 3.05) is 24.3 Å². The van der Waals surface area contributed by atoms with Gasteiger partial charge in [-0.05, 0) is 55.2 Å². The Morgan fingerprint density at radius 3 is 2.58 bits per heavy atom. The molecule has 2 aliphatic carbocycles. The lowest BCUT2D eigenvalue weighted by Gasteiger charge is -2.22. The lowest BCUT2D eigenvalue weighted by molar-refractivity contribution is -0.117. The number of fused-ring (bicyclic) bond motifs is 2. The van der Waals surface area contributed by atoms with E-state index in [0.717, 1.165) is 18.0 Å². The van der Waals surface area contributed by atoms with Crippen LogP contribution in [0.3, 0.4) is 0 Å². The fourth-order valence-electron chi connectivity index (χ4n) is 4.25. The zero-order valence-electron chi connectivity index (χ0n) is 14.2. The molecule has 0 heterocycles. The minimum Gasteiger partial charge on any atom is -0.376 e. The van der Waals surface area contributed by atoms with E-state index in [-0.39, 0.29) is 10.8 Å². The number of anilines is 2. The number of nitrogens with two attached hydrogens (primary N) is 1. The fraction of sp³-hybridized carbons (Fsp3) is 0.588. The molecule has 3 atom stereocenters. The summed E-state index contributed by atoms with van der Waals surface area (Å²) in [6, 6.07) is 4.55. The third-order valence-electron chi connectivity index (χ3n) is 5.38. The molecule has 0 aromatic heterocycles. The molecule has 7 heteroatoms. The Labute approximate surface area is 143 Å². The third-order valence-corrected chi connectivity index (χ3v) is 6.30. The molecule has 0 saturated heterocycles. The van der Waals surface area contributed by atoms with Crippen LogP contribution in [0.1, 0.15) is 32.1 Å². The number of carbonyl (C=O) groups excluding carboxylic acids is 1. The number of sulfonamides is 1. The predicted molar refractivity (Wildman–Crippen MR) is 94.3 cm³/mol. The van der Waals surface area contributed by atoms with E-state index in [2.05, 4.69) is 5.32 Å². The number of hydrogen-bond donors (Lipinski definition) is 2. The van der Waals surface area contributed by atoms with Crippen molar-refractivity contribution in [3.8, 4) is 0 Å². The Morgan fingerprint density at radius 2 is 2.04 bits per heavy atom. The Kier molecular flexibility index (Phi) is 4.57. The minimum absolute atomic E-state index is 0.00308. The van der Waals surface area contributed by atoms with Gasteiger partial charge in [-0.1, -0.05) is 6.42 Å². The summed E-state index contributed by atoms with van der Waals surface area (Å²) in [4.78, 5) is 14.3. The van der Waals surface area contributed by atoms with Gasteiger partial charge in [0.2, 0.25) is 15.9 Å². The van der Waals surface area contributed by atoms with Crippen LogP contribution in [-0.2, 0) is 14.8 Å². The standard InChI is InChI=1S/C17H25N3O3S/c1-20(2)16-6-5-14(24(18,22)23)10-15(16)19-17(21)9-13-8-11-3-4-12(13)7-11/h5-6,10-13H,3-4,7-9H2,1-2H3,(H,19,21)(H2,18,22,23)/t11-,12+,13+/m0/s1. The zero-order valence-corrected chi connectivity index (χ0v) is 15.0. The van der Waals surface area contributed by atoms with E-state index < -0.39 is 10.0 Å². The van der Waals surface area contributed by atoms with Crippen molar-refractivity contribution >= 4 is 27.3 Å². The van der Waals surface area contributed by atoms with Crippen molar-refractivity contribution < 1.29 is 13.2 Å². The van der Waals surface area contributed by atoms with E-state index in [9.17, 15) is 13.2 Å². The van der Waals surface area contributed by atoms with E-state index in [0.29, 0.717) is 23.9 Å². The fourth-order valence-corrected chi connectivity index (χ4v) is 4.79. The van der Waals surface area contributed by atoms with Crippen LogP contribution < -0.4 is 15.4 Å². The van der Waals surface area contributed by atoms with Gasteiger partial charge in [-0.2, -0.15) is 0 Å². The highest BCUT2D eigenvalue weighted by Crippen LogP contribution is 2.49. The van der Waals surface area contributed by atoms with E-state index in [4.69, 9.17) is 5.14 Å². The van der Waals surface area contributed by atoms with Crippen LogP contribution in [0.15, 0.2) is 23.1 Å². The SMILES string of the molecule is CN(C)c1ccc(S(N)(=O)=O)cc1NC(=O)C[C@H]1C[C@H]2CC[C@@H]1C2. The predicted octanol–water partition coefficient (Wildman–Crippen LogP) is 2.16. The lowest BCUT2D eigenvalue weighted by atomic mass is 9.86. The molecule has 0 unspecified atom stereocenters. The smallest absolute Gasteiger partial charge is 0.238 e. The van der Waals surface area contributed by atoms with Crippen molar-refractivity contribution in [3.05, 3.63) is 18.2 Å². The van der Waals surface area contributed by atoms with Gasteiger partial charge in [-0.25, -0.2) is 13.6 Å². The largest absolute Gasteiger partial charge is 0.376 e. The average molecular weight is 351 g/mol. The first-order valence-electron chi connectivity index (χ1n) is 8.38. The topological polar surface area (TPSA) is 92.5 Å². The highest BCUT2D eigenvalue weighted by molar-refractivity contribution is 7.89. The molecule has 0 aliphatic heterocycles. The molecule has 132 valence electrons. The highest BCUT2D eigenvalue weighted by Gasteiger charge is 2.40. The van der Waals surface area contributed by atoms with Crippen LogP contribution >= 0.6 is 0 Å². The second-order valence-corrected chi connectivity index (χ2v) is 8.87. The summed E-state index contributed by atoms with van der Waals surface area (Å²) < 4.78 is 23.1. The molecule has 3 N–H and O–H groups in total. The molecule has 6 nitrogen and oxygen atoms in total. The summed E-state index contributed by atoms with van der Waals surface area (Å²) in [7, 11) is -0.113. The van der Waals surface area contributed by atoms with Crippen molar-refractivity contribution in [2.24, 2.45) is 22.9 Å². The zero-order chi connectivity index (χ0) is 17.5. The summed E-state index contributed by atoms with van der Waals surface area (Å²) >= 11 is 0. The number of rotatable bonds is 5. The highest BCUT2D eigenvalue weighted by atomic mass is 32.2. The molecule has 0 radical (unpaired) electrons. The molecular weight excluding hydrogens is 326 g/mol.